The summed E-state index contributed by atoms with van der Waals surface area (Å²) < 4.78 is 0. The van der Waals surface area contributed by atoms with Gasteiger partial charge in [0.25, 0.3) is 0 Å². The lowest BCUT2D eigenvalue weighted by molar-refractivity contribution is 0.397. The van der Waals surface area contributed by atoms with Crippen LogP contribution in [-0.4, -0.2) is 29.0 Å². The number of aromatic nitrogens is 2. The second-order valence-electron chi connectivity index (χ2n) is 7.63. The Morgan fingerprint density at radius 1 is 0.724 bits per heavy atom. The first-order valence-corrected chi connectivity index (χ1v) is 10.1. The second-order valence-corrected chi connectivity index (χ2v) is 8.11. The van der Waals surface area contributed by atoms with E-state index in [9.17, 15) is 0 Å². The molecule has 29 heavy (non-hydrogen) atoms. The maximum absolute atomic E-state index is 5.08. The minimum atomic E-state index is 0.808. The number of thiol groups is 1. The van der Waals surface area contributed by atoms with E-state index < -0.39 is 0 Å². The zero-order valence-electron chi connectivity index (χ0n) is 16.4. The third-order valence-electron chi connectivity index (χ3n) is 5.22. The third-order valence-corrected chi connectivity index (χ3v) is 5.61. The van der Waals surface area contributed by atoms with E-state index in [1.807, 2.05) is 18.2 Å². The van der Waals surface area contributed by atoms with Crippen LogP contribution in [0.15, 0.2) is 77.7 Å². The minimum Gasteiger partial charge on any atom is -0.304 e. The molecule has 0 unspecified atom stereocenters. The van der Waals surface area contributed by atoms with Crippen LogP contribution in [0.1, 0.15) is 5.69 Å². The van der Waals surface area contributed by atoms with Gasteiger partial charge in [0.1, 0.15) is 0 Å². The molecule has 4 heteroatoms. The maximum atomic E-state index is 5.08. The normalized spacial score (nSPS) is 11.7. The van der Waals surface area contributed by atoms with Gasteiger partial charge in [0.15, 0.2) is 0 Å². The topological polar surface area (TPSA) is 29.0 Å². The SMILES string of the molecule is CN(C)Cc1ccc2ccc3ccc4ccc(-c5ccccc5S)nc4c3c2n1. The summed E-state index contributed by atoms with van der Waals surface area (Å²) in [4.78, 5) is 13.2. The Bertz CT molecular complexity index is 1370. The van der Waals surface area contributed by atoms with E-state index in [1.54, 1.807) is 0 Å². The molecule has 0 aliphatic rings. The summed E-state index contributed by atoms with van der Waals surface area (Å²) in [6.07, 6.45) is 0. The highest BCUT2D eigenvalue weighted by atomic mass is 32.1. The fourth-order valence-electron chi connectivity index (χ4n) is 3.87. The van der Waals surface area contributed by atoms with Crippen molar-refractivity contribution >= 4 is 45.2 Å². The van der Waals surface area contributed by atoms with Crippen molar-refractivity contribution in [2.24, 2.45) is 0 Å². The van der Waals surface area contributed by atoms with Crippen molar-refractivity contribution in [2.75, 3.05) is 14.1 Å². The largest absolute Gasteiger partial charge is 0.304 e. The Hall–Kier alpha value is -2.95. The Morgan fingerprint density at radius 3 is 2.07 bits per heavy atom. The Kier molecular flexibility index (Phi) is 4.46. The molecule has 0 aliphatic carbocycles. The highest BCUT2D eigenvalue weighted by Crippen LogP contribution is 2.33. The lowest BCUT2D eigenvalue weighted by Gasteiger charge is -2.12. The number of hydrogen-bond acceptors (Lipinski definition) is 4. The van der Waals surface area contributed by atoms with Crippen LogP contribution in [0.25, 0.3) is 43.8 Å². The Labute approximate surface area is 175 Å². The van der Waals surface area contributed by atoms with Crippen LogP contribution in [0.4, 0.5) is 0 Å². The van der Waals surface area contributed by atoms with Gasteiger partial charge in [-0.05, 0) is 37.7 Å². The summed E-state index contributed by atoms with van der Waals surface area (Å²) in [7, 11) is 4.13. The van der Waals surface area contributed by atoms with Crippen LogP contribution in [0.5, 0.6) is 0 Å². The molecule has 0 aliphatic heterocycles. The molecule has 0 atom stereocenters. The van der Waals surface area contributed by atoms with Crippen LogP contribution in [-0.2, 0) is 6.54 Å². The quantitative estimate of drug-likeness (QED) is 0.302. The molecule has 0 spiro atoms. The lowest BCUT2D eigenvalue weighted by atomic mass is 10.0. The van der Waals surface area contributed by atoms with Crippen molar-refractivity contribution in [3.05, 3.63) is 78.5 Å². The van der Waals surface area contributed by atoms with Gasteiger partial charge in [0.05, 0.1) is 22.4 Å². The monoisotopic (exact) mass is 395 g/mol. The molecule has 3 nitrogen and oxygen atoms in total. The van der Waals surface area contributed by atoms with Crippen molar-refractivity contribution < 1.29 is 0 Å². The first kappa shape index (κ1) is 18.1. The predicted octanol–water partition coefficient (Wildman–Crippen LogP) is 5.95. The number of hydrogen-bond donors (Lipinski definition) is 1. The molecule has 0 N–H and O–H groups in total. The van der Waals surface area contributed by atoms with Gasteiger partial charge in [-0.2, -0.15) is 0 Å². The van der Waals surface area contributed by atoms with Gasteiger partial charge >= 0.3 is 0 Å². The van der Waals surface area contributed by atoms with Crippen LogP contribution >= 0.6 is 12.6 Å². The molecule has 0 fully saturated rings. The van der Waals surface area contributed by atoms with Gasteiger partial charge in [-0.25, -0.2) is 4.98 Å². The number of pyridine rings is 2. The highest BCUT2D eigenvalue weighted by Gasteiger charge is 2.11. The Balaban J connectivity index is 1.84. The molecular formula is C25H21N3S. The van der Waals surface area contributed by atoms with Gasteiger partial charge in [0.2, 0.25) is 0 Å². The number of benzene rings is 3. The Morgan fingerprint density at radius 2 is 1.34 bits per heavy atom. The number of nitrogens with zero attached hydrogens (tertiary/aromatic N) is 3. The molecule has 0 saturated heterocycles. The average Bonchev–Trinajstić information content (AvgIpc) is 2.72. The molecule has 142 valence electrons. The van der Waals surface area contributed by atoms with E-state index in [4.69, 9.17) is 9.97 Å². The van der Waals surface area contributed by atoms with E-state index in [1.165, 1.54) is 0 Å². The third kappa shape index (κ3) is 3.24. The fraction of sp³-hybridized carbons (Fsp3) is 0.120. The molecule has 0 bridgehead atoms. The maximum Gasteiger partial charge on any atom is 0.0809 e. The zero-order chi connectivity index (χ0) is 20.0. The summed E-state index contributed by atoms with van der Waals surface area (Å²) in [5.41, 5.74) is 5.02. The van der Waals surface area contributed by atoms with Crippen molar-refractivity contribution in [3.63, 3.8) is 0 Å². The van der Waals surface area contributed by atoms with Crippen LogP contribution in [0, 0.1) is 0 Å². The van der Waals surface area contributed by atoms with Crippen molar-refractivity contribution in [1.82, 2.24) is 14.9 Å². The summed E-state index contributed by atoms with van der Waals surface area (Å²) >= 11 is 4.62. The highest BCUT2D eigenvalue weighted by molar-refractivity contribution is 7.80. The molecule has 5 rings (SSSR count). The molecule has 0 saturated carbocycles. The van der Waals surface area contributed by atoms with E-state index >= 15 is 0 Å². The van der Waals surface area contributed by atoms with Crippen molar-refractivity contribution in [1.29, 1.82) is 0 Å². The fourth-order valence-corrected chi connectivity index (χ4v) is 4.14. The molecular weight excluding hydrogens is 374 g/mol. The molecule has 3 aromatic carbocycles. The van der Waals surface area contributed by atoms with E-state index in [0.29, 0.717) is 0 Å². The first-order valence-electron chi connectivity index (χ1n) is 9.65. The molecule has 2 aromatic heterocycles. The zero-order valence-corrected chi connectivity index (χ0v) is 17.3. The predicted molar refractivity (Wildman–Crippen MR) is 125 cm³/mol. The van der Waals surface area contributed by atoms with Gasteiger partial charge in [-0.1, -0.05) is 54.6 Å². The lowest BCUT2D eigenvalue weighted by Crippen LogP contribution is -2.11. The molecule has 2 heterocycles. The van der Waals surface area contributed by atoms with Gasteiger partial charge in [0, 0.05) is 33.2 Å². The number of rotatable bonds is 3. The first-order chi connectivity index (χ1) is 14.1. The summed E-state index contributed by atoms with van der Waals surface area (Å²) in [5, 5.41) is 4.52. The smallest absolute Gasteiger partial charge is 0.0809 e. The van der Waals surface area contributed by atoms with E-state index in [-0.39, 0.29) is 0 Å². The molecule has 5 aromatic rings. The van der Waals surface area contributed by atoms with Gasteiger partial charge in [-0.15, -0.1) is 12.6 Å². The minimum absolute atomic E-state index is 0.808. The van der Waals surface area contributed by atoms with Crippen LogP contribution < -0.4 is 0 Å². The number of fused-ring (bicyclic) bond motifs is 5. The second kappa shape index (κ2) is 7.14. The van der Waals surface area contributed by atoms with Gasteiger partial charge < -0.3 is 4.90 Å². The average molecular weight is 396 g/mol. The van der Waals surface area contributed by atoms with Crippen molar-refractivity contribution in [3.8, 4) is 11.3 Å². The van der Waals surface area contributed by atoms with E-state index in [2.05, 4.69) is 86.2 Å². The van der Waals surface area contributed by atoms with Gasteiger partial charge in [-0.3, -0.25) is 4.98 Å². The van der Waals surface area contributed by atoms with Crippen LogP contribution in [0.3, 0.4) is 0 Å². The summed E-state index contributed by atoms with van der Waals surface area (Å²) in [5.74, 6) is 0. The van der Waals surface area contributed by atoms with Crippen LogP contribution in [0.2, 0.25) is 0 Å². The van der Waals surface area contributed by atoms with E-state index in [0.717, 1.165) is 61.0 Å². The summed E-state index contributed by atoms with van der Waals surface area (Å²) in [6.45, 7) is 0.808. The van der Waals surface area contributed by atoms with Crippen molar-refractivity contribution in [2.45, 2.75) is 11.4 Å². The molecule has 0 amide bonds. The standard InChI is InChI=1S/C25H21N3S/c1-28(2)15-19-13-11-17-9-7-16-8-10-18-12-14-21(20-5-3-4-6-22(20)29)27-25(18)23(16)24(17)26-19/h3-14,29H,15H2,1-2H3. The molecule has 0 radical (unpaired) electrons. The summed E-state index contributed by atoms with van der Waals surface area (Å²) in [6, 6.07) is 25.1.